The van der Waals surface area contributed by atoms with Gasteiger partial charge in [0.2, 0.25) is 5.91 Å². The molecular formula is C15H21F3N2O2. The average Bonchev–Trinajstić information content (AvgIpc) is 2.43. The molecule has 0 saturated heterocycles. The summed E-state index contributed by atoms with van der Waals surface area (Å²) in [5, 5.41) is 2.73. The van der Waals surface area contributed by atoms with Gasteiger partial charge < -0.3 is 15.0 Å². The molecule has 0 aliphatic heterocycles. The van der Waals surface area contributed by atoms with Crippen LogP contribution in [0.3, 0.4) is 0 Å². The molecule has 0 aromatic heterocycles. The van der Waals surface area contributed by atoms with Crippen LogP contribution in [0.15, 0.2) is 30.3 Å². The highest BCUT2D eigenvalue weighted by molar-refractivity contribution is 5.80. The molecule has 2 unspecified atom stereocenters. The normalized spacial score (nSPS) is 14.7. The minimum Gasteiger partial charge on any atom is -0.359 e. The molecule has 0 spiro atoms. The summed E-state index contributed by atoms with van der Waals surface area (Å²) in [5.41, 5.74) is 0.882. The number of halogens is 3. The van der Waals surface area contributed by atoms with Crippen molar-refractivity contribution in [1.82, 2.24) is 10.2 Å². The Kier molecular flexibility index (Phi) is 6.83. The maximum absolute atomic E-state index is 12.1. The van der Waals surface area contributed by atoms with E-state index < -0.39 is 24.8 Å². The highest BCUT2D eigenvalue weighted by atomic mass is 19.4. The van der Waals surface area contributed by atoms with Gasteiger partial charge in [-0.15, -0.1) is 0 Å². The highest BCUT2D eigenvalue weighted by Crippen LogP contribution is 2.17. The molecule has 2 atom stereocenters. The van der Waals surface area contributed by atoms with E-state index in [0.717, 1.165) is 5.56 Å². The zero-order valence-corrected chi connectivity index (χ0v) is 12.9. The Balaban J connectivity index is 2.67. The molecule has 0 fully saturated rings. The fourth-order valence-electron chi connectivity index (χ4n) is 1.87. The Bertz CT molecular complexity index is 464. The molecule has 1 aromatic rings. The lowest BCUT2D eigenvalue weighted by molar-refractivity contribution is -0.185. The van der Waals surface area contributed by atoms with Crippen LogP contribution < -0.4 is 5.32 Å². The molecule has 1 aromatic carbocycles. The Hall–Kier alpha value is -1.60. The second kappa shape index (κ2) is 8.14. The van der Waals surface area contributed by atoms with Crippen LogP contribution in [0.2, 0.25) is 0 Å². The summed E-state index contributed by atoms with van der Waals surface area (Å²) >= 11 is 0. The fraction of sp³-hybridized carbons (Fsp3) is 0.533. The lowest BCUT2D eigenvalue weighted by Crippen LogP contribution is -2.41. The van der Waals surface area contributed by atoms with Crippen LogP contribution in [0.1, 0.15) is 18.5 Å². The van der Waals surface area contributed by atoms with Gasteiger partial charge in [0.15, 0.2) is 0 Å². The fourth-order valence-corrected chi connectivity index (χ4v) is 1.87. The SMILES string of the molecule is CC(OCC(F)(F)F)C(=O)NC(CN(C)C)c1ccccc1. The molecule has 0 saturated carbocycles. The lowest BCUT2D eigenvalue weighted by Gasteiger charge is -2.24. The molecule has 4 nitrogen and oxygen atoms in total. The first-order valence-electron chi connectivity index (χ1n) is 6.87. The van der Waals surface area contributed by atoms with Crippen molar-refractivity contribution in [1.29, 1.82) is 0 Å². The van der Waals surface area contributed by atoms with Gasteiger partial charge in [0.25, 0.3) is 0 Å². The number of carbonyl (C=O) groups excluding carboxylic acids is 1. The van der Waals surface area contributed by atoms with E-state index >= 15 is 0 Å². The second-order valence-corrected chi connectivity index (χ2v) is 5.30. The zero-order valence-electron chi connectivity index (χ0n) is 12.9. The van der Waals surface area contributed by atoms with Crippen molar-refractivity contribution < 1.29 is 22.7 Å². The van der Waals surface area contributed by atoms with Crippen molar-refractivity contribution in [2.24, 2.45) is 0 Å². The monoisotopic (exact) mass is 318 g/mol. The van der Waals surface area contributed by atoms with Gasteiger partial charge in [0.1, 0.15) is 12.7 Å². The standard InChI is InChI=1S/C15H21F3N2O2/c1-11(22-10-15(16,17)18)14(21)19-13(9-20(2)3)12-7-5-4-6-8-12/h4-8,11,13H,9-10H2,1-3H3,(H,19,21). The van der Waals surface area contributed by atoms with Crippen molar-refractivity contribution in [3.63, 3.8) is 0 Å². The molecule has 7 heteroatoms. The summed E-state index contributed by atoms with van der Waals surface area (Å²) in [6.07, 6.45) is -5.62. The summed E-state index contributed by atoms with van der Waals surface area (Å²) in [4.78, 5) is 13.9. The summed E-state index contributed by atoms with van der Waals surface area (Å²) in [7, 11) is 3.71. The van der Waals surface area contributed by atoms with Crippen molar-refractivity contribution >= 4 is 5.91 Å². The largest absolute Gasteiger partial charge is 0.411 e. The van der Waals surface area contributed by atoms with Gasteiger partial charge in [-0.25, -0.2) is 0 Å². The Morgan fingerprint density at radius 2 is 1.86 bits per heavy atom. The molecule has 0 aliphatic rings. The Morgan fingerprint density at radius 1 is 1.27 bits per heavy atom. The third-order valence-electron chi connectivity index (χ3n) is 2.93. The van der Waals surface area contributed by atoms with Gasteiger partial charge in [-0.05, 0) is 26.6 Å². The quantitative estimate of drug-likeness (QED) is 0.839. The first-order valence-corrected chi connectivity index (χ1v) is 6.87. The summed E-state index contributed by atoms with van der Waals surface area (Å²) in [6, 6.07) is 8.93. The molecule has 0 heterocycles. The van der Waals surface area contributed by atoms with Gasteiger partial charge in [-0.2, -0.15) is 13.2 Å². The van der Waals surface area contributed by atoms with Crippen LogP contribution >= 0.6 is 0 Å². The van der Waals surface area contributed by atoms with Gasteiger partial charge >= 0.3 is 6.18 Å². The topological polar surface area (TPSA) is 41.6 Å². The molecule has 1 N–H and O–H groups in total. The third-order valence-corrected chi connectivity index (χ3v) is 2.93. The van der Waals surface area contributed by atoms with E-state index in [1.165, 1.54) is 6.92 Å². The van der Waals surface area contributed by atoms with E-state index in [-0.39, 0.29) is 6.04 Å². The van der Waals surface area contributed by atoms with E-state index in [2.05, 4.69) is 10.1 Å². The van der Waals surface area contributed by atoms with Crippen LogP contribution in [-0.2, 0) is 9.53 Å². The van der Waals surface area contributed by atoms with Crippen LogP contribution in [0, 0.1) is 0 Å². The first kappa shape index (κ1) is 18.4. The number of nitrogens with zero attached hydrogens (tertiary/aromatic N) is 1. The third kappa shape index (κ3) is 6.91. The predicted molar refractivity (Wildman–Crippen MR) is 77.3 cm³/mol. The lowest BCUT2D eigenvalue weighted by atomic mass is 10.1. The second-order valence-electron chi connectivity index (χ2n) is 5.30. The number of amides is 1. The number of alkyl halides is 3. The number of hydrogen-bond donors (Lipinski definition) is 1. The van der Waals surface area contributed by atoms with Gasteiger partial charge in [0.05, 0.1) is 6.04 Å². The Morgan fingerprint density at radius 3 is 2.36 bits per heavy atom. The molecule has 1 amide bonds. The summed E-state index contributed by atoms with van der Waals surface area (Å²) < 4.78 is 40.9. The maximum atomic E-state index is 12.1. The van der Waals surface area contributed by atoms with E-state index in [1.54, 1.807) is 0 Å². The summed E-state index contributed by atoms with van der Waals surface area (Å²) in [6.45, 7) is 0.395. The molecule has 0 bridgehead atoms. The van der Waals surface area contributed by atoms with Crippen molar-refractivity contribution in [3.8, 4) is 0 Å². The molecule has 124 valence electrons. The van der Waals surface area contributed by atoms with Crippen LogP contribution in [0.4, 0.5) is 13.2 Å². The molecular weight excluding hydrogens is 297 g/mol. The average molecular weight is 318 g/mol. The minimum atomic E-state index is -4.45. The van der Waals surface area contributed by atoms with Gasteiger partial charge in [-0.1, -0.05) is 30.3 Å². The minimum absolute atomic E-state index is 0.319. The number of ether oxygens (including phenoxy) is 1. The van der Waals surface area contributed by atoms with E-state index in [9.17, 15) is 18.0 Å². The van der Waals surface area contributed by atoms with E-state index in [4.69, 9.17) is 0 Å². The smallest absolute Gasteiger partial charge is 0.359 e. The van der Waals surface area contributed by atoms with Crippen LogP contribution in [-0.4, -0.2) is 50.3 Å². The number of carbonyl (C=O) groups is 1. The van der Waals surface area contributed by atoms with Crippen LogP contribution in [0.5, 0.6) is 0 Å². The number of benzene rings is 1. The van der Waals surface area contributed by atoms with Crippen molar-refractivity contribution in [2.75, 3.05) is 27.2 Å². The van der Waals surface area contributed by atoms with E-state index in [0.29, 0.717) is 6.54 Å². The zero-order chi connectivity index (χ0) is 16.8. The summed E-state index contributed by atoms with van der Waals surface area (Å²) in [5.74, 6) is -0.569. The number of rotatable bonds is 7. The maximum Gasteiger partial charge on any atom is 0.411 e. The van der Waals surface area contributed by atoms with Crippen LogP contribution in [0.25, 0.3) is 0 Å². The number of nitrogens with one attached hydrogen (secondary N) is 1. The van der Waals surface area contributed by atoms with Gasteiger partial charge in [-0.3, -0.25) is 4.79 Å². The van der Waals surface area contributed by atoms with Gasteiger partial charge in [0, 0.05) is 6.54 Å². The first-order chi connectivity index (χ1) is 10.2. The van der Waals surface area contributed by atoms with Crippen molar-refractivity contribution in [2.45, 2.75) is 25.2 Å². The highest BCUT2D eigenvalue weighted by Gasteiger charge is 2.30. The molecule has 1 rings (SSSR count). The number of hydrogen-bond acceptors (Lipinski definition) is 3. The molecule has 0 radical (unpaired) electrons. The van der Waals surface area contributed by atoms with Crippen molar-refractivity contribution in [3.05, 3.63) is 35.9 Å². The molecule has 22 heavy (non-hydrogen) atoms. The predicted octanol–water partition coefficient (Wildman–Crippen LogP) is 2.37. The molecule has 0 aliphatic carbocycles. The Labute approximate surface area is 128 Å². The number of likely N-dealkylation sites (N-methyl/N-ethyl adjacent to an activating group) is 1. The van der Waals surface area contributed by atoms with E-state index in [1.807, 2.05) is 49.3 Å².